The Hall–Kier alpha value is -0.0400. The molecule has 0 aromatic rings. The van der Waals surface area contributed by atoms with Crippen LogP contribution in [0.15, 0.2) is 0 Å². The van der Waals surface area contributed by atoms with E-state index < -0.39 is 0 Å². The summed E-state index contributed by atoms with van der Waals surface area (Å²) in [6.07, 6.45) is 5.27. The van der Waals surface area contributed by atoms with Crippen LogP contribution >= 0.6 is 0 Å². The van der Waals surface area contributed by atoms with Crippen molar-refractivity contribution < 1.29 is 0 Å². The van der Waals surface area contributed by atoms with Gasteiger partial charge in [-0.25, -0.2) is 0 Å². The van der Waals surface area contributed by atoms with Gasteiger partial charge in [-0.1, -0.05) is 33.6 Å². The first-order chi connectivity index (χ1) is 4.84. The molecule has 1 aliphatic carbocycles. The molecule has 0 aliphatic heterocycles. The van der Waals surface area contributed by atoms with Crippen molar-refractivity contribution in [2.24, 2.45) is 11.7 Å². The fourth-order valence-electron chi connectivity index (χ4n) is 1.57. The largest absolute Gasteiger partial charge is 0.327 e. The molecule has 62 valence electrons. The van der Waals surface area contributed by atoms with E-state index in [0.29, 0.717) is 6.04 Å². The molecule has 1 heteroatoms. The number of rotatable bonds is 1. The Kier molecular flexibility index (Phi) is 5.70. The molecule has 1 nitrogen and oxygen atoms in total. The van der Waals surface area contributed by atoms with Crippen molar-refractivity contribution in [1.82, 2.24) is 0 Å². The van der Waals surface area contributed by atoms with Crippen molar-refractivity contribution in [2.45, 2.75) is 52.5 Å². The monoisotopic (exact) mass is 143 g/mol. The summed E-state index contributed by atoms with van der Waals surface area (Å²) >= 11 is 0. The molecule has 2 N–H and O–H groups in total. The van der Waals surface area contributed by atoms with Crippen molar-refractivity contribution in [3.8, 4) is 0 Å². The topological polar surface area (TPSA) is 26.0 Å². The zero-order chi connectivity index (χ0) is 7.98. The molecular formula is C9H21N. The van der Waals surface area contributed by atoms with Gasteiger partial charge in [0, 0.05) is 6.04 Å². The van der Waals surface area contributed by atoms with Gasteiger partial charge in [-0.15, -0.1) is 0 Å². The predicted octanol–water partition coefficient (Wildman–Crippen LogP) is 2.55. The van der Waals surface area contributed by atoms with Crippen LogP contribution in [0, 0.1) is 5.92 Å². The molecule has 0 amide bonds. The van der Waals surface area contributed by atoms with Gasteiger partial charge in [-0.05, 0) is 18.8 Å². The molecule has 0 heterocycles. The van der Waals surface area contributed by atoms with Gasteiger partial charge in [0.25, 0.3) is 0 Å². The number of nitrogens with two attached hydrogens (primary N) is 1. The van der Waals surface area contributed by atoms with E-state index in [1.54, 1.807) is 0 Å². The molecule has 0 saturated heterocycles. The van der Waals surface area contributed by atoms with Gasteiger partial charge >= 0.3 is 0 Å². The molecule has 1 saturated carbocycles. The van der Waals surface area contributed by atoms with Gasteiger partial charge < -0.3 is 5.73 Å². The van der Waals surface area contributed by atoms with E-state index in [-0.39, 0.29) is 0 Å². The highest BCUT2D eigenvalue weighted by Gasteiger charge is 2.21. The number of hydrogen-bond donors (Lipinski definition) is 1. The summed E-state index contributed by atoms with van der Waals surface area (Å²) in [4.78, 5) is 0. The minimum atomic E-state index is 0.528. The van der Waals surface area contributed by atoms with Crippen LogP contribution in [-0.4, -0.2) is 6.04 Å². The highest BCUT2D eigenvalue weighted by molar-refractivity contribution is 4.78. The van der Waals surface area contributed by atoms with E-state index in [0.717, 1.165) is 5.92 Å². The van der Waals surface area contributed by atoms with E-state index in [2.05, 4.69) is 6.92 Å². The van der Waals surface area contributed by atoms with Crippen molar-refractivity contribution in [3.05, 3.63) is 0 Å². The third-order valence-corrected chi connectivity index (χ3v) is 2.24. The molecule has 0 radical (unpaired) electrons. The van der Waals surface area contributed by atoms with E-state index in [1.165, 1.54) is 25.7 Å². The van der Waals surface area contributed by atoms with Gasteiger partial charge in [-0.3, -0.25) is 0 Å². The van der Waals surface area contributed by atoms with Crippen LogP contribution in [0.5, 0.6) is 0 Å². The van der Waals surface area contributed by atoms with E-state index >= 15 is 0 Å². The SMILES string of the molecule is CC.CCC1CCCC1N. The van der Waals surface area contributed by atoms with Crippen LogP contribution in [0.1, 0.15) is 46.5 Å². The Bertz CT molecular complexity index is 71.1. The maximum atomic E-state index is 5.79. The Morgan fingerprint density at radius 3 is 2.10 bits per heavy atom. The average molecular weight is 143 g/mol. The van der Waals surface area contributed by atoms with E-state index in [1.807, 2.05) is 13.8 Å². The second kappa shape index (κ2) is 5.72. The smallest absolute Gasteiger partial charge is 0.00670 e. The molecule has 1 rings (SSSR count). The molecule has 2 unspecified atom stereocenters. The van der Waals surface area contributed by atoms with Crippen LogP contribution in [0.25, 0.3) is 0 Å². The van der Waals surface area contributed by atoms with Gasteiger partial charge in [0.05, 0.1) is 0 Å². The van der Waals surface area contributed by atoms with Crippen LogP contribution in [0.2, 0.25) is 0 Å². The summed E-state index contributed by atoms with van der Waals surface area (Å²) in [5.41, 5.74) is 5.79. The molecular weight excluding hydrogens is 122 g/mol. The first-order valence-corrected chi connectivity index (χ1v) is 4.60. The third kappa shape index (κ3) is 2.70. The van der Waals surface area contributed by atoms with Crippen LogP contribution in [0.4, 0.5) is 0 Å². The highest BCUT2D eigenvalue weighted by atomic mass is 14.7. The quantitative estimate of drug-likeness (QED) is 0.600. The zero-order valence-electron chi connectivity index (χ0n) is 7.56. The second-order valence-electron chi connectivity index (χ2n) is 2.76. The fourth-order valence-corrected chi connectivity index (χ4v) is 1.57. The van der Waals surface area contributed by atoms with Crippen LogP contribution in [0.3, 0.4) is 0 Å². The molecule has 1 fully saturated rings. The molecule has 0 aromatic heterocycles. The minimum Gasteiger partial charge on any atom is -0.327 e. The molecule has 2 atom stereocenters. The van der Waals surface area contributed by atoms with Crippen molar-refractivity contribution in [2.75, 3.05) is 0 Å². The normalized spacial score (nSPS) is 31.2. The van der Waals surface area contributed by atoms with Crippen LogP contribution in [-0.2, 0) is 0 Å². The maximum absolute atomic E-state index is 5.79. The molecule has 10 heavy (non-hydrogen) atoms. The summed E-state index contributed by atoms with van der Waals surface area (Å²) in [6.45, 7) is 6.23. The Morgan fingerprint density at radius 2 is 1.90 bits per heavy atom. The zero-order valence-corrected chi connectivity index (χ0v) is 7.56. The van der Waals surface area contributed by atoms with Crippen LogP contribution < -0.4 is 5.73 Å². The third-order valence-electron chi connectivity index (χ3n) is 2.24. The Balaban J connectivity index is 0.000000371. The molecule has 0 bridgehead atoms. The van der Waals surface area contributed by atoms with Gasteiger partial charge in [0.15, 0.2) is 0 Å². The number of hydrogen-bond acceptors (Lipinski definition) is 1. The van der Waals surface area contributed by atoms with Crippen molar-refractivity contribution in [3.63, 3.8) is 0 Å². The molecule has 0 spiro atoms. The summed E-state index contributed by atoms with van der Waals surface area (Å²) in [5.74, 6) is 0.843. The van der Waals surface area contributed by atoms with Gasteiger partial charge in [0.2, 0.25) is 0 Å². The lowest BCUT2D eigenvalue weighted by Crippen LogP contribution is -2.23. The van der Waals surface area contributed by atoms with Gasteiger partial charge in [-0.2, -0.15) is 0 Å². The average Bonchev–Trinajstić information content (AvgIpc) is 2.39. The second-order valence-corrected chi connectivity index (χ2v) is 2.76. The first kappa shape index (κ1) is 9.96. The standard InChI is InChI=1S/C7H15N.C2H6/c1-2-6-4-3-5-7(6)8;1-2/h6-7H,2-5,8H2,1H3;1-2H3. The Morgan fingerprint density at radius 1 is 1.30 bits per heavy atom. The molecule has 1 aliphatic rings. The minimum absolute atomic E-state index is 0.528. The van der Waals surface area contributed by atoms with Crippen molar-refractivity contribution in [1.29, 1.82) is 0 Å². The summed E-state index contributed by atoms with van der Waals surface area (Å²) < 4.78 is 0. The maximum Gasteiger partial charge on any atom is 0.00670 e. The lowest BCUT2D eigenvalue weighted by Gasteiger charge is -2.10. The predicted molar refractivity (Wildman–Crippen MR) is 47.0 cm³/mol. The lowest BCUT2D eigenvalue weighted by molar-refractivity contribution is 0.467. The summed E-state index contributed by atoms with van der Waals surface area (Å²) in [6, 6.07) is 0.528. The first-order valence-electron chi connectivity index (χ1n) is 4.60. The molecule has 0 aromatic carbocycles. The summed E-state index contributed by atoms with van der Waals surface area (Å²) in [7, 11) is 0. The Labute approximate surface area is 65.0 Å². The fraction of sp³-hybridized carbons (Fsp3) is 1.00. The van der Waals surface area contributed by atoms with E-state index in [9.17, 15) is 0 Å². The van der Waals surface area contributed by atoms with E-state index in [4.69, 9.17) is 5.73 Å². The van der Waals surface area contributed by atoms with Crippen molar-refractivity contribution >= 4 is 0 Å². The van der Waals surface area contributed by atoms with Gasteiger partial charge in [0.1, 0.15) is 0 Å². The highest BCUT2D eigenvalue weighted by Crippen LogP contribution is 2.25. The lowest BCUT2D eigenvalue weighted by atomic mass is 10.0. The summed E-state index contributed by atoms with van der Waals surface area (Å²) in [5, 5.41) is 0.